The van der Waals surface area contributed by atoms with Crippen LogP contribution in [0.5, 0.6) is 0 Å². The number of nitrogens with zero attached hydrogens (tertiary/aromatic N) is 1. The van der Waals surface area contributed by atoms with Crippen molar-refractivity contribution in [3.63, 3.8) is 0 Å². The molecule has 24 heavy (non-hydrogen) atoms. The Morgan fingerprint density at radius 2 is 1.79 bits per heavy atom. The molecule has 1 saturated carbocycles. The van der Waals surface area contributed by atoms with E-state index in [1.165, 1.54) is 19.3 Å². The summed E-state index contributed by atoms with van der Waals surface area (Å²) < 4.78 is 5.18. The van der Waals surface area contributed by atoms with Gasteiger partial charge in [0.15, 0.2) is 0 Å². The zero-order chi connectivity index (χ0) is 16.8. The summed E-state index contributed by atoms with van der Waals surface area (Å²) in [6.45, 7) is 0. The van der Waals surface area contributed by atoms with Crippen molar-refractivity contribution in [3.8, 4) is 11.1 Å². The lowest BCUT2D eigenvalue weighted by Crippen LogP contribution is -2.35. The van der Waals surface area contributed by atoms with Gasteiger partial charge in [0.25, 0.3) is 5.91 Å². The molecule has 0 radical (unpaired) electrons. The molecule has 1 aromatic carbocycles. The van der Waals surface area contributed by atoms with Crippen molar-refractivity contribution in [2.45, 2.75) is 51.0 Å². The lowest BCUT2D eigenvalue weighted by molar-refractivity contribution is -0.127. The van der Waals surface area contributed by atoms with Crippen LogP contribution < -0.4 is 5.32 Å². The van der Waals surface area contributed by atoms with Crippen LogP contribution in [-0.4, -0.2) is 22.3 Å². The Morgan fingerprint density at radius 3 is 2.50 bits per heavy atom. The molecule has 0 bridgehead atoms. The maximum Gasteiger partial charge on any atom is 0.255 e. The maximum absolute atomic E-state index is 12.4. The Morgan fingerprint density at radius 1 is 1.12 bits per heavy atom. The van der Waals surface area contributed by atoms with Gasteiger partial charge in [-0.15, -0.1) is 0 Å². The fraction of sp³-hybridized carbons (Fsp3) is 0.474. The molecule has 1 atom stereocenters. The largest absolute Gasteiger partial charge is 0.383 e. The predicted octanol–water partition coefficient (Wildman–Crippen LogP) is 4.00. The first-order valence-electron chi connectivity index (χ1n) is 8.75. The zero-order valence-electron chi connectivity index (χ0n) is 13.8. The summed E-state index contributed by atoms with van der Waals surface area (Å²) in [6, 6.07) is 9.60. The summed E-state index contributed by atoms with van der Waals surface area (Å²) in [5.41, 5.74) is 1.63. The first-order valence-corrected chi connectivity index (χ1v) is 8.75. The van der Waals surface area contributed by atoms with E-state index < -0.39 is 12.0 Å². The van der Waals surface area contributed by atoms with Crippen LogP contribution in [0.1, 0.15) is 44.9 Å². The van der Waals surface area contributed by atoms with Crippen LogP contribution in [-0.2, 0) is 4.79 Å². The minimum Gasteiger partial charge on any atom is -0.383 e. The molecule has 2 aromatic rings. The Bertz CT molecular complexity index is 646. The van der Waals surface area contributed by atoms with Crippen molar-refractivity contribution in [3.05, 3.63) is 36.5 Å². The topological polar surface area (TPSA) is 75.4 Å². The summed E-state index contributed by atoms with van der Waals surface area (Å²) in [5, 5.41) is 16.9. The van der Waals surface area contributed by atoms with E-state index in [1.807, 2.05) is 30.3 Å². The maximum atomic E-state index is 12.4. The van der Waals surface area contributed by atoms with E-state index in [9.17, 15) is 9.90 Å². The van der Waals surface area contributed by atoms with Crippen LogP contribution in [0.25, 0.3) is 11.1 Å². The number of carbonyl (C=O) groups is 1. The van der Waals surface area contributed by atoms with Gasteiger partial charge in [0.2, 0.25) is 5.88 Å². The highest BCUT2D eigenvalue weighted by Gasteiger charge is 2.27. The molecule has 1 aliphatic rings. The first-order chi connectivity index (χ1) is 11.8. The molecule has 5 nitrogen and oxygen atoms in total. The Labute approximate surface area is 142 Å². The number of amides is 1. The van der Waals surface area contributed by atoms with E-state index in [0.717, 1.165) is 31.2 Å². The Balaban J connectivity index is 1.67. The molecule has 1 aromatic heterocycles. The van der Waals surface area contributed by atoms with Crippen molar-refractivity contribution >= 4 is 11.8 Å². The molecule has 2 N–H and O–H groups in total. The molecule has 0 aliphatic heterocycles. The molecular weight excluding hydrogens is 304 g/mol. The average Bonchev–Trinajstić information content (AvgIpc) is 3.03. The summed E-state index contributed by atoms with van der Waals surface area (Å²) in [7, 11) is 0. The molecule has 3 rings (SSSR count). The Kier molecular flexibility index (Phi) is 5.64. The second-order valence-corrected chi connectivity index (χ2v) is 6.47. The average molecular weight is 328 g/mol. The van der Waals surface area contributed by atoms with Crippen molar-refractivity contribution < 1.29 is 14.4 Å². The van der Waals surface area contributed by atoms with Crippen molar-refractivity contribution in [2.75, 3.05) is 5.32 Å². The first kappa shape index (κ1) is 16.7. The fourth-order valence-corrected chi connectivity index (χ4v) is 3.36. The number of aromatic nitrogens is 1. The normalized spacial score (nSPS) is 17.7. The van der Waals surface area contributed by atoms with Crippen molar-refractivity contribution in [1.82, 2.24) is 5.16 Å². The van der Waals surface area contributed by atoms with E-state index in [0.29, 0.717) is 5.56 Å². The number of aliphatic hydroxyl groups is 1. The number of anilines is 1. The number of aliphatic hydroxyl groups excluding tert-OH is 1. The van der Waals surface area contributed by atoms with Crippen molar-refractivity contribution in [2.24, 2.45) is 5.92 Å². The van der Waals surface area contributed by atoms with Gasteiger partial charge in [-0.3, -0.25) is 10.1 Å². The van der Waals surface area contributed by atoms with Gasteiger partial charge in [0, 0.05) is 0 Å². The lowest BCUT2D eigenvalue weighted by atomic mass is 9.87. The summed E-state index contributed by atoms with van der Waals surface area (Å²) >= 11 is 0. The van der Waals surface area contributed by atoms with Gasteiger partial charge in [0.1, 0.15) is 6.10 Å². The van der Waals surface area contributed by atoms with Crippen LogP contribution in [0.3, 0.4) is 0 Å². The quantitative estimate of drug-likeness (QED) is 0.889. The second kappa shape index (κ2) is 8.11. The third-order valence-corrected chi connectivity index (χ3v) is 4.76. The van der Waals surface area contributed by atoms with Gasteiger partial charge >= 0.3 is 0 Å². The molecule has 1 unspecified atom stereocenters. The van der Waals surface area contributed by atoms with Gasteiger partial charge in [-0.2, -0.15) is 0 Å². The Hall–Kier alpha value is -2.14. The minimum atomic E-state index is -1.00. The SMILES string of the molecule is O=C(Nc1oncc1-c1ccccc1)C(O)C1CCCCCCC1. The van der Waals surface area contributed by atoms with E-state index in [-0.39, 0.29) is 11.8 Å². The summed E-state index contributed by atoms with van der Waals surface area (Å²) in [6.07, 6.45) is 8.15. The number of carbonyl (C=O) groups excluding carboxylic acids is 1. The van der Waals surface area contributed by atoms with Crippen LogP contribution in [0.4, 0.5) is 5.88 Å². The van der Waals surface area contributed by atoms with Gasteiger partial charge in [0.05, 0.1) is 11.8 Å². The van der Waals surface area contributed by atoms with Gasteiger partial charge in [-0.05, 0) is 24.3 Å². The highest BCUT2D eigenvalue weighted by molar-refractivity contribution is 5.96. The third kappa shape index (κ3) is 4.03. The van der Waals surface area contributed by atoms with Crippen LogP contribution in [0.2, 0.25) is 0 Å². The number of nitrogens with one attached hydrogen (secondary N) is 1. The van der Waals surface area contributed by atoms with E-state index in [4.69, 9.17) is 4.52 Å². The highest BCUT2D eigenvalue weighted by Crippen LogP contribution is 2.29. The summed E-state index contributed by atoms with van der Waals surface area (Å²) in [4.78, 5) is 12.4. The molecule has 128 valence electrons. The van der Waals surface area contributed by atoms with Gasteiger partial charge in [-0.25, -0.2) is 0 Å². The standard InChI is InChI=1S/C19H24N2O3/c22-17(15-11-5-2-1-3-6-12-15)18(23)21-19-16(13-20-24-19)14-9-7-4-8-10-14/h4,7-10,13,15,17,22H,1-3,5-6,11-12H2,(H,21,23). The third-order valence-electron chi connectivity index (χ3n) is 4.76. The fourth-order valence-electron chi connectivity index (χ4n) is 3.36. The second-order valence-electron chi connectivity index (χ2n) is 6.47. The summed E-state index contributed by atoms with van der Waals surface area (Å²) in [5.74, 6) is -0.0982. The zero-order valence-corrected chi connectivity index (χ0v) is 13.8. The number of hydrogen-bond acceptors (Lipinski definition) is 4. The molecule has 1 amide bonds. The highest BCUT2D eigenvalue weighted by atomic mass is 16.5. The molecule has 5 heteroatoms. The van der Waals surface area contributed by atoms with Gasteiger partial charge in [-0.1, -0.05) is 67.6 Å². The number of rotatable bonds is 4. The molecular formula is C19H24N2O3. The smallest absolute Gasteiger partial charge is 0.255 e. The lowest BCUT2D eigenvalue weighted by Gasteiger charge is -2.23. The predicted molar refractivity (Wildman–Crippen MR) is 92.4 cm³/mol. The van der Waals surface area contributed by atoms with E-state index in [2.05, 4.69) is 10.5 Å². The molecule has 1 fully saturated rings. The van der Waals surface area contributed by atoms with E-state index >= 15 is 0 Å². The van der Waals surface area contributed by atoms with Crippen LogP contribution in [0, 0.1) is 5.92 Å². The molecule has 0 saturated heterocycles. The molecule has 1 heterocycles. The van der Waals surface area contributed by atoms with Gasteiger partial charge < -0.3 is 9.63 Å². The number of benzene rings is 1. The van der Waals surface area contributed by atoms with Crippen LogP contribution in [0.15, 0.2) is 41.1 Å². The molecule has 0 spiro atoms. The number of hydrogen-bond donors (Lipinski definition) is 2. The minimum absolute atomic E-state index is 0.0217. The monoisotopic (exact) mass is 328 g/mol. The van der Waals surface area contributed by atoms with E-state index in [1.54, 1.807) is 6.20 Å². The molecule has 1 aliphatic carbocycles. The van der Waals surface area contributed by atoms with Crippen molar-refractivity contribution in [1.29, 1.82) is 0 Å². The van der Waals surface area contributed by atoms with Crippen LogP contribution >= 0.6 is 0 Å².